The standard InChI is InChI=1S/C16H15N3O/c1-12-3-2-4-13(9-12)10-16(20)18-14-5-6-15-17-7-8-19(15)11-14/h2-9,11H,10H2,1H3,(H,18,20). The highest BCUT2D eigenvalue weighted by molar-refractivity contribution is 5.92. The summed E-state index contributed by atoms with van der Waals surface area (Å²) >= 11 is 0. The molecule has 4 heteroatoms. The summed E-state index contributed by atoms with van der Waals surface area (Å²) < 4.78 is 1.88. The molecule has 3 rings (SSSR count). The van der Waals surface area contributed by atoms with Gasteiger partial charge in [-0.3, -0.25) is 4.79 Å². The fraction of sp³-hybridized carbons (Fsp3) is 0.125. The van der Waals surface area contributed by atoms with Crippen LogP contribution in [0.25, 0.3) is 5.65 Å². The van der Waals surface area contributed by atoms with Crippen molar-refractivity contribution in [2.75, 3.05) is 5.32 Å². The Morgan fingerprint density at radius 3 is 3.05 bits per heavy atom. The molecule has 0 saturated carbocycles. The third kappa shape index (κ3) is 2.69. The lowest BCUT2D eigenvalue weighted by atomic mass is 10.1. The molecule has 1 aromatic carbocycles. The topological polar surface area (TPSA) is 46.4 Å². The van der Waals surface area contributed by atoms with Crippen LogP contribution in [0, 0.1) is 6.92 Å². The van der Waals surface area contributed by atoms with Crippen molar-refractivity contribution < 1.29 is 4.79 Å². The number of hydrogen-bond acceptors (Lipinski definition) is 2. The minimum absolute atomic E-state index is 0.0185. The number of pyridine rings is 1. The lowest BCUT2D eigenvalue weighted by Gasteiger charge is -2.06. The molecular formula is C16H15N3O. The van der Waals surface area contributed by atoms with Crippen LogP contribution in [-0.4, -0.2) is 15.3 Å². The van der Waals surface area contributed by atoms with Gasteiger partial charge in [0.25, 0.3) is 0 Å². The van der Waals surface area contributed by atoms with Crippen molar-refractivity contribution in [2.24, 2.45) is 0 Å². The molecule has 0 unspecified atom stereocenters. The summed E-state index contributed by atoms with van der Waals surface area (Å²) in [7, 11) is 0. The molecule has 0 aliphatic carbocycles. The van der Waals surface area contributed by atoms with Gasteiger partial charge in [-0.2, -0.15) is 0 Å². The Hall–Kier alpha value is -2.62. The summed E-state index contributed by atoms with van der Waals surface area (Å²) in [6.07, 6.45) is 5.82. The number of carbonyl (C=O) groups is 1. The first-order valence-electron chi connectivity index (χ1n) is 6.49. The molecule has 0 spiro atoms. The predicted molar refractivity (Wildman–Crippen MR) is 78.7 cm³/mol. The third-order valence-electron chi connectivity index (χ3n) is 3.12. The molecule has 0 saturated heterocycles. The van der Waals surface area contributed by atoms with Crippen molar-refractivity contribution in [1.29, 1.82) is 0 Å². The van der Waals surface area contributed by atoms with Gasteiger partial charge < -0.3 is 9.72 Å². The van der Waals surface area contributed by atoms with E-state index in [0.717, 1.165) is 22.5 Å². The van der Waals surface area contributed by atoms with Crippen LogP contribution in [0.1, 0.15) is 11.1 Å². The Bertz CT molecular complexity index is 761. The van der Waals surface area contributed by atoms with E-state index in [4.69, 9.17) is 0 Å². The van der Waals surface area contributed by atoms with Gasteiger partial charge in [0.05, 0.1) is 12.1 Å². The maximum absolute atomic E-state index is 12.0. The van der Waals surface area contributed by atoms with Crippen LogP contribution < -0.4 is 5.32 Å². The SMILES string of the molecule is Cc1cccc(CC(=O)Nc2ccc3nccn3c2)c1. The second kappa shape index (κ2) is 5.17. The molecule has 0 aliphatic rings. The van der Waals surface area contributed by atoms with Crippen LogP contribution >= 0.6 is 0 Å². The summed E-state index contributed by atoms with van der Waals surface area (Å²) in [5, 5.41) is 2.90. The van der Waals surface area contributed by atoms with Gasteiger partial charge in [-0.15, -0.1) is 0 Å². The van der Waals surface area contributed by atoms with Gasteiger partial charge in [0.15, 0.2) is 0 Å². The largest absolute Gasteiger partial charge is 0.324 e. The van der Waals surface area contributed by atoms with Crippen molar-refractivity contribution in [3.63, 3.8) is 0 Å². The van der Waals surface area contributed by atoms with Gasteiger partial charge in [0, 0.05) is 18.6 Å². The number of nitrogens with one attached hydrogen (secondary N) is 1. The van der Waals surface area contributed by atoms with Crippen LogP contribution in [0.15, 0.2) is 55.0 Å². The summed E-state index contributed by atoms with van der Waals surface area (Å²) in [6, 6.07) is 11.7. The summed E-state index contributed by atoms with van der Waals surface area (Å²) in [5.41, 5.74) is 3.82. The number of hydrogen-bond donors (Lipinski definition) is 1. The Morgan fingerprint density at radius 2 is 2.20 bits per heavy atom. The number of imidazole rings is 1. The molecule has 0 aliphatic heterocycles. The first-order valence-corrected chi connectivity index (χ1v) is 6.49. The normalized spacial score (nSPS) is 10.7. The van der Waals surface area contributed by atoms with Gasteiger partial charge in [0.1, 0.15) is 5.65 Å². The smallest absolute Gasteiger partial charge is 0.228 e. The lowest BCUT2D eigenvalue weighted by Crippen LogP contribution is -2.14. The molecule has 0 fully saturated rings. The highest BCUT2D eigenvalue weighted by Gasteiger charge is 2.05. The van der Waals surface area contributed by atoms with Crippen LogP contribution in [0.3, 0.4) is 0 Å². The monoisotopic (exact) mass is 265 g/mol. The molecule has 1 N–H and O–H groups in total. The number of benzene rings is 1. The van der Waals surface area contributed by atoms with Crippen molar-refractivity contribution in [3.8, 4) is 0 Å². The number of carbonyl (C=O) groups excluding carboxylic acids is 1. The average molecular weight is 265 g/mol. The molecule has 2 heterocycles. The number of aromatic nitrogens is 2. The second-order valence-electron chi connectivity index (χ2n) is 4.82. The van der Waals surface area contributed by atoms with Gasteiger partial charge in [-0.1, -0.05) is 29.8 Å². The van der Waals surface area contributed by atoms with Crippen molar-refractivity contribution in [2.45, 2.75) is 13.3 Å². The molecule has 1 amide bonds. The molecule has 0 bridgehead atoms. The molecule has 20 heavy (non-hydrogen) atoms. The minimum Gasteiger partial charge on any atom is -0.324 e. The van der Waals surface area contributed by atoms with E-state index in [-0.39, 0.29) is 5.91 Å². The van der Waals surface area contributed by atoms with Crippen molar-refractivity contribution >= 4 is 17.2 Å². The molecule has 2 aromatic heterocycles. The highest BCUT2D eigenvalue weighted by atomic mass is 16.1. The zero-order chi connectivity index (χ0) is 13.9. The summed E-state index contributed by atoms with van der Waals surface area (Å²) in [5.74, 6) is -0.0185. The zero-order valence-electron chi connectivity index (χ0n) is 11.2. The van der Waals surface area contributed by atoms with E-state index in [1.807, 2.05) is 60.1 Å². The molecule has 4 nitrogen and oxygen atoms in total. The number of fused-ring (bicyclic) bond motifs is 1. The average Bonchev–Trinajstić information content (AvgIpc) is 2.86. The number of nitrogens with zero attached hydrogens (tertiary/aromatic N) is 2. The van der Waals surface area contributed by atoms with E-state index in [2.05, 4.69) is 10.3 Å². The van der Waals surface area contributed by atoms with E-state index >= 15 is 0 Å². The quantitative estimate of drug-likeness (QED) is 0.791. The van der Waals surface area contributed by atoms with E-state index in [1.165, 1.54) is 0 Å². The zero-order valence-corrected chi connectivity index (χ0v) is 11.2. The minimum atomic E-state index is -0.0185. The summed E-state index contributed by atoms with van der Waals surface area (Å²) in [6.45, 7) is 2.02. The number of amides is 1. The van der Waals surface area contributed by atoms with Crippen LogP contribution in [0.2, 0.25) is 0 Å². The Labute approximate surface area is 117 Å². The van der Waals surface area contributed by atoms with E-state index in [0.29, 0.717) is 6.42 Å². The predicted octanol–water partition coefficient (Wildman–Crippen LogP) is 2.82. The fourth-order valence-corrected chi connectivity index (χ4v) is 2.21. The second-order valence-corrected chi connectivity index (χ2v) is 4.82. The highest BCUT2D eigenvalue weighted by Crippen LogP contribution is 2.11. The number of anilines is 1. The van der Waals surface area contributed by atoms with Crippen LogP contribution in [-0.2, 0) is 11.2 Å². The lowest BCUT2D eigenvalue weighted by molar-refractivity contribution is -0.115. The van der Waals surface area contributed by atoms with E-state index in [1.54, 1.807) is 6.20 Å². The molecule has 0 radical (unpaired) electrons. The molecule has 0 atom stereocenters. The Kier molecular flexibility index (Phi) is 3.21. The van der Waals surface area contributed by atoms with Gasteiger partial charge in [-0.05, 0) is 24.6 Å². The van der Waals surface area contributed by atoms with E-state index < -0.39 is 0 Å². The number of rotatable bonds is 3. The Balaban J connectivity index is 1.72. The third-order valence-corrected chi connectivity index (χ3v) is 3.12. The molecule has 3 aromatic rings. The molecular weight excluding hydrogens is 250 g/mol. The summed E-state index contributed by atoms with van der Waals surface area (Å²) in [4.78, 5) is 16.2. The fourth-order valence-electron chi connectivity index (χ4n) is 2.21. The van der Waals surface area contributed by atoms with Crippen molar-refractivity contribution in [1.82, 2.24) is 9.38 Å². The number of aryl methyl sites for hydroxylation is 1. The van der Waals surface area contributed by atoms with E-state index in [9.17, 15) is 4.79 Å². The van der Waals surface area contributed by atoms with Crippen LogP contribution in [0.5, 0.6) is 0 Å². The first-order chi connectivity index (χ1) is 9.70. The van der Waals surface area contributed by atoms with Crippen molar-refractivity contribution in [3.05, 3.63) is 66.1 Å². The van der Waals surface area contributed by atoms with Gasteiger partial charge in [0.2, 0.25) is 5.91 Å². The van der Waals surface area contributed by atoms with Gasteiger partial charge >= 0.3 is 0 Å². The Morgan fingerprint density at radius 1 is 1.30 bits per heavy atom. The maximum atomic E-state index is 12.0. The van der Waals surface area contributed by atoms with Crippen LogP contribution in [0.4, 0.5) is 5.69 Å². The maximum Gasteiger partial charge on any atom is 0.228 e. The first kappa shape index (κ1) is 12.4. The van der Waals surface area contributed by atoms with Gasteiger partial charge in [-0.25, -0.2) is 4.98 Å². The molecule has 100 valence electrons.